The Kier molecular flexibility index (Phi) is 2.54. The number of ether oxygens (including phenoxy) is 2. The van der Waals surface area contributed by atoms with Gasteiger partial charge in [0.15, 0.2) is 0 Å². The molecule has 0 heterocycles. The zero-order valence-electron chi connectivity index (χ0n) is 7.00. The Labute approximate surface area is 71.1 Å². The van der Waals surface area contributed by atoms with Crippen molar-refractivity contribution < 1.29 is 9.47 Å². The molecule has 0 aliphatic rings. The highest BCUT2D eigenvalue weighted by Gasteiger charge is 2.02. The number of rotatable bonds is 2. The summed E-state index contributed by atoms with van der Waals surface area (Å²) in [6.07, 6.45) is 0. The summed E-state index contributed by atoms with van der Waals surface area (Å²) >= 11 is 0. The zero-order chi connectivity index (χ0) is 8.97. The fourth-order valence-corrected chi connectivity index (χ4v) is 0.901. The van der Waals surface area contributed by atoms with E-state index in [0.29, 0.717) is 17.1 Å². The van der Waals surface area contributed by atoms with Gasteiger partial charge in [0.25, 0.3) is 0 Å². The summed E-state index contributed by atoms with van der Waals surface area (Å²) in [6, 6.07) is 7.11. The maximum atomic E-state index is 8.68. The van der Waals surface area contributed by atoms with Crippen molar-refractivity contribution in [3.63, 3.8) is 0 Å². The standard InChI is InChI=1S/C9H9NO2/c1-11-8-3-4-9(12-2)7(5-8)6-10/h3-5H,1-2H3. The van der Waals surface area contributed by atoms with Crippen LogP contribution in [0.25, 0.3) is 0 Å². The van der Waals surface area contributed by atoms with Crippen LogP contribution in [0.3, 0.4) is 0 Å². The van der Waals surface area contributed by atoms with Crippen molar-refractivity contribution in [1.29, 1.82) is 5.26 Å². The van der Waals surface area contributed by atoms with Gasteiger partial charge >= 0.3 is 0 Å². The molecule has 0 aromatic heterocycles. The number of methoxy groups -OCH3 is 2. The molecular formula is C9H9NO2. The van der Waals surface area contributed by atoms with Crippen LogP contribution in [0.5, 0.6) is 11.5 Å². The predicted molar refractivity (Wildman–Crippen MR) is 44.3 cm³/mol. The van der Waals surface area contributed by atoms with Crippen molar-refractivity contribution in [2.24, 2.45) is 0 Å². The lowest BCUT2D eigenvalue weighted by Crippen LogP contribution is -1.89. The van der Waals surface area contributed by atoms with E-state index in [1.807, 2.05) is 6.07 Å². The molecule has 62 valence electrons. The van der Waals surface area contributed by atoms with Gasteiger partial charge < -0.3 is 9.47 Å². The molecule has 0 atom stereocenters. The molecule has 0 bridgehead atoms. The number of nitrogens with zero attached hydrogens (tertiary/aromatic N) is 1. The van der Waals surface area contributed by atoms with Crippen LogP contribution in [0.1, 0.15) is 5.56 Å². The minimum absolute atomic E-state index is 0.483. The smallest absolute Gasteiger partial charge is 0.136 e. The van der Waals surface area contributed by atoms with Crippen LogP contribution in [-0.4, -0.2) is 14.2 Å². The molecule has 0 saturated heterocycles. The van der Waals surface area contributed by atoms with E-state index in [4.69, 9.17) is 14.7 Å². The van der Waals surface area contributed by atoms with Gasteiger partial charge in [-0.1, -0.05) is 0 Å². The van der Waals surface area contributed by atoms with Crippen LogP contribution in [0, 0.1) is 11.3 Å². The lowest BCUT2D eigenvalue weighted by molar-refractivity contribution is 0.402. The molecule has 0 saturated carbocycles. The molecule has 0 aliphatic heterocycles. The van der Waals surface area contributed by atoms with Crippen molar-refractivity contribution in [3.05, 3.63) is 23.8 Å². The first-order chi connectivity index (χ1) is 5.81. The first-order valence-corrected chi connectivity index (χ1v) is 3.44. The molecule has 3 heteroatoms. The Balaban J connectivity index is 3.13. The average molecular weight is 163 g/mol. The van der Waals surface area contributed by atoms with E-state index >= 15 is 0 Å². The van der Waals surface area contributed by atoms with E-state index in [2.05, 4.69) is 0 Å². The number of benzene rings is 1. The maximum absolute atomic E-state index is 8.68. The second-order valence-electron chi connectivity index (χ2n) is 2.18. The van der Waals surface area contributed by atoms with Crippen molar-refractivity contribution in [2.75, 3.05) is 14.2 Å². The normalized spacial score (nSPS) is 8.75. The van der Waals surface area contributed by atoms with E-state index in [1.54, 1.807) is 25.3 Å². The maximum Gasteiger partial charge on any atom is 0.136 e. The molecule has 0 spiro atoms. The van der Waals surface area contributed by atoms with Gasteiger partial charge in [-0.3, -0.25) is 0 Å². The summed E-state index contributed by atoms with van der Waals surface area (Å²) < 4.78 is 9.91. The Hall–Kier alpha value is -1.69. The molecule has 1 rings (SSSR count). The highest BCUT2D eigenvalue weighted by molar-refractivity contribution is 5.47. The highest BCUT2D eigenvalue weighted by atomic mass is 16.5. The van der Waals surface area contributed by atoms with Crippen molar-refractivity contribution >= 4 is 0 Å². The molecule has 0 radical (unpaired) electrons. The fraction of sp³-hybridized carbons (Fsp3) is 0.222. The molecule has 3 nitrogen and oxygen atoms in total. The fourth-order valence-electron chi connectivity index (χ4n) is 0.901. The van der Waals surface area contributed by atoms with E-state index in [0.717, 1.165) is 0 Å². The third kappa shape index (κ3) is 1.48. The summed E-state index contributed by atoms with van der Waals surface area (Å²) in [6.45, 7) is 0. The second kappa shape index (κ2) is 3.63. The van der Waals surface area contributed by atoms with Gasteiger partial charge in [-0.05, 0) is 12.1 Å². The number of hydrogen-bond donors (Lipinski definition) is 0. The van der Waals surface area contributed by atoms with Crippen LogP contribution >= 0.6 is 0 Å². The average Bonchev–Trinajstić information content (AvgIpc) is 2.16. The third-order valence-electron chi connectivity index (χ3n) is 1.53. The minimum atomic E-state index is 0.483. The van der Waals surface area contributed by atoms with E-state index in [1.165, 1.54) is 7.11 Å². The van der Waals surface area contributed by atoms with Crippen LogP contribution in [0.4, 0.5) is 0 Å². The van der Waals surface area contributed by atoms with Crippen LogP contribution in [-0.2, 0) is 0 Å². The molecule has 12 heavy (non-hydrogen) atoms. The second-order valence-corrected chi connectivity index (χ2v) is 2.18. The molecule has 0 unspecified atom stereocenters. The number of nitriles is 1. The lowest BCUT2D eigenvalue weighted by atomic mass is 10.2. The van der Waals surface area contributed by atoms with E-state index in [9.17, 15) is 0 Å². The molecule has 0 amide bonds. The van der Waals surface area contributed by atoms with Crippen molar-refractivity contribution in [2.45, 2.75) is 0 Å². The van der Waals surface area contributed by atoms with Crippen molar-refractivity contribution in [3.8, 4) is 17.6 Å². The quantitative estimate of drug-likeness (QED) is 0.664. The first kappa shape index (κ1) is 8.41. The SMILES string of the molecule is COc1ccc(OC)c(C#N)c1. The summed E-state index contributed by atoms with van der Waals surface area (Å²) in [5, 5.41) is 8.68. The Bertz CT molecular complexity index is 315. The minimum Gasteiger partial charge on any atom is -0.497 e. The lowest BCUT2D eigenvalue weighted by Gasteiger charge is -2.03. The zero-order valence-corrected chi connectivity index (χ0v) is 7.00. The first-order valence-electron chi connectivity index (χ1n) is 3.44. The highest BCUT2D eigenvalue weighted by Crippen LogP contribution is 2.22. The Morgan fingerprint density at radius 3 is 2.50 bits per heavy atom. The molecule has 0 fully saturated rings. The third-order valence-corrected chi connectivity index (χ3v) is 1.53. The van der Waals surface area contributed by atoms with Crippen LogP contribution < -0.4 is 9.47 Å². The van der Waals surface area contributed by atoms with Crippen molar-refractivity contribution in [1.82, 2.24) is 0 Å². The largest absolute Gasteiger partial charge is 0.497 e. The van der Waals surface area contributed by atoms with Gasteiger partial charge in [0, 0.05) is 6.07 Å². The van der Waals surface area contributed by atoms with Gasteiger partial charge in [-0.2, -0.15) is 5.26 Å². The molecule has 0 aliphatic carbocycles. The predicted octanol–water partition coefficient (Wildman–Crippen LogP) is 1.58. The summed E-state index contributed by atoms with van der Waals surface area (Å²) in [5.41, 5.74) is 0.483. The van der Waals surface area contributed by atoms with Crippen LogP contribution in [0.15, 0.2) is 18.2 Å². The van der Waals surface area contributed by atoms with E-state index in [-0.39, 0.29) is 0 Å². The van der Waals surface area contributed by atoms with Gasteiger partial charge in [-0.15, -0.1) is 0 Å². The summed E-state index contributed by atoms with van der Waals surface area (Å²) in [4.78, 5) is 0. The van der Waals surface area contributed by atoms with E-state index < -0.39 is 0 Å². The van der Waals surface area contributed by atoms with Gasteiger partial charge in [0.05, 0.1) is 19.8 Å². The molecule has 1 aromatic rings. The monoisotopic (exact) mass is 163 g/mol. The summed E-state index contributed by atoms with van der Waals surface area (Å²) in [7, 11) is 3.09. The Morgan fingerprint density at radius 2 is 2.00 bits per heavy atom. The van der Waals surface area contributed by atoms with Crippen LogP contribution in [0.2, 0.25) is 0 Å². The molecule has 1 aromatic carbocycles. The van der Waals surface area contributed by atoms with Gasteiger partial charge in [-0.25, -0.2) is 0 Å². The molecular weight excluding hydrogens is 154 g/mol. The molecule has 0 N–H and O–H groups in total. The van der Waals surface area contributed by atoms with Gasteiger partial charge in [0.1, 0.15) is 17.6 Å². The van der Waals surface area contributed by atoms with Gasteiger partial charge in [0.2, 0.25) is 0 Å². The topological polar surface area (TPSA) is 42.2 Å². The number of hydrogen-bond acceptors (Lipinski definition) is 3. The summed E-state index contributed by atoms with van der Waals surface area (Å²) in [5.74, 6) is 1.23. The Morgan fingerprint density at radius 1 is 1.25 bits per heavy atom.